The van der Waals surface area contributed by atoms with Crippen molar-refractivity contribution in [2.24, 2.45) is 4.99 Å². The van der Waals surface area contributed by atoms with Crippen molar-refractivity contribution in [2.75, 3.05) is 23.7 Å². The van der Waals surface area contributed by atoms with Gasteiger partial charge in [-0.05, 0) is 86.2 Å². The molecule has 3 heterocycles. The summed E-state index contributed by atoms with van der Waals surface area (Å²) in [6.45, 7) is 9.02. The first-order chi connectivity index (χ1) is 24.0. The number of benzene rings is 3. The van der Waals surface area contributed by atoms with Gasteiger partial charge in [0, 0.05) is 59.1 Å². The number of fused-ring (bicyclic) bond motifs is 4. The van der Waals surface area contributed by atoms with E-state index in [-0.39, 0.29) is 18.5 Å². The van der Waals surface area contributed by atoms with Crippen LogP contribution in [0.4, 0.5) is 11.4 Å². The van der Waals surface area contributed by atoms with E-state index in [1.807, 2.05) is 56.5 Å². The predicted molar refractivity (Wildman–Crippen MR) is 192 cm³/mol. The molecule has 0 aromatic heterocycles. The van der Waals surface area contributed by atoms with Gasteiger partial charge in [0.2, 0.25) is 5.36 Å². The average molecular weight is 777 g/mol. The van der Waals surface area contributed by atoms with Crippen LogP contribution in [-0.2, 0) is 53.5 Å². The molecule has 3 aliphatic heterocycles. The molecule has 1 unspecified atom stereocenters. The Bertz CT molecular complexity index is 2480. The van der Waals surface area contributed by atoms with Crippen LogP contribution in [0.15, 0.2) is 57.2 Å². The second-order valence-corrected chi connectivity index (χ2v) is 19.3. The quantitative estimate of drug-likeness (QED) is 0.172. The van der Waals surface area contributed by atoms with Gasteiger partial charge in [0.15, 0.2) is 6.54 Å². The number of hydrogen-bond donors (Lipinski definition) is 4. The lowest BCUT2D eigenvalue weighted by Gasteiger charge is -2.49. The fraction of sp³-hybridized carbons (Fsp3) is 0.457. The van der Waals surface area contributed by atoms with E-state index in [9.17, 15) is 48.8 Å². The molecule has 0 fully saturated rings. The number of aryl methyl sites for hydroxylation is 1. The molecule has 0 bridgehead atoms. The Morgan fingerprint density at radius 1 is 0.942 bits per heavy atom. The Hall–Kier alpha value is -3.74. The Kier molecular flexibility index (Phi) is 9.49. The highest BCUT2D eigenvalue weighted by Crippen LogP contribution is 2.50. The van der Waals surface area contributed by atoms with Gasteiger partial charge in [0.05, 0.1) is 21.7 Å². The van der Waals surface area contributed by atoms with Crippen LogP contribution in [0, 0.1) is 0 Å². The normalized spacial score (nSPS) is 19.2. The van der Waals surface area contributed by atoms with E-state index >= 15 is 0 Å². The zero-order chi connectivity index (χ0) is 38.2. The Morgan fingerprint density at radius 2 is 1.65 bits per heavy atom. The highest BCUT2D eigenvalue weighted by molar-refractivity contribution is 7.86. The summed E-state index contributed by atoms with van der Waals surface area (Å²) in [7, 11) is -13.9. The highest BCUT2D eigenvalue weighted by atomic mass is 32.2. The molecule has 3 aromatic carbocycles. The number of carboxylic acids is 1. The second kappa shape index (κ2) is 13.0. The number of carboxylic acid groups (broad SMARTS) is 1. The van der Waals surface area contributed by atoms with Crippen molar-refractivity contribution in [1.29, 1.82) is 0 Å². The fourth-order valence-electron chi connectivity index (χ4n) is 8.11. The molecule has 3 aliphatic rings. The summed E-state index contributed by atoms with van der Waals surface area (Å²) in [6.07, 6.45) is 2.17. The van der Waals surface area contributed by atoms with Gasteiger partial charge in [-0.1, -0.05) is 13.8 Å². The summed E-state index contributed by atoms with van der Waals surface area (Å²) in [6, 6.07) is 11.0. The summed E-state index contributed by atoms with van der Waals surface area (Å²) in [4.78, 5) is 17.3. The summed E-state index contributed by atoms with van der Waals surface area (Å²) in [5.74, 6) is -1.91. The van der Waals surface area contributed by atoms with Crippen LogP contribution in [0.1, 0.15) is 87.1 Å². The molecule has 0 spiro atoms. The van der Waals surface area contributed by atoms with E-state index in [4.69, 9.17) is 4.99 Å². The van der Waals surface area contributed by atoms with Crippen LogP contribution in [0.3, 0.4) is 0 Å². The zero-order valence-electron chi connectivity index (χ0n) is 29.2. The van der Waals surface area contributed by atoms with Crippen LogP contribution < -0.4 is 20.2 Å². The zero-order valence-corrected chi connectivity index (χ0v) is 31.6. The minimum atomic E-state index is -4.85. The molecule has 1 atom stereocenters. The van der Waals surface area contributed by atoms with Crippen LogP contribution in [-0.4, -0.2) is 74.4 Å². The Balaban J connectivity index is 1.52. The molecule has 0 aliphatic carbocycles. The van der Waals surface area contributed by atoms with E-state index in [2.05, 4.69) is 4.90 Å². The van der Waals surface area contributed by atoms with Crippen molar-refractivity contribution in [1.82, 2.24) is 4.58 Å². The SMILES string of the molecule is CC1(C)c2cc3c(cc2N=c2cc4c(cc21)=[N+](Cc1ccc(S(=O)(=O)O)cc1S(=O)(=O)O)CCC4)C(CS(=O)(=O)O)CC(C)(C)N3CCCC(=O)O. The minimum absolute atomic E-state index is 0.0177. The highest BCUT2D eigenvalue weighted by Gasteiger charge is 2.42. The summed E-state index contributed by atoms with van der Waals surface area (Å²) < 4.78 is 104. The maximum atomic E-state index is 12.3. The van der Waals surface area contributed by atoms with Gasteiger partial charge in [0.25, 0.3) is 30.4 Å². The lowest BCUT2D eigenvalue weighted by molar-refractivity contribution is -0.137. The van der Waals surface area contributed by atoms with Gasteiger partial charge in [0.1, 0.15) is 11.4 Å². The third-order valence-corrected chi connectivity index (χ3v) is 13.1. The van der Waals surface area contributed by atoms with Crippen molar-refractivity contribution in [3.8, 4) is 0 Å². The second-order valence-electron chi connectivity index (χ2n) is 15.0. The van der Waals surface area contributed by atoms with Crippen molar-refractivity contribution >= 4 is 47.7 Å². The summed E-state index contributed by atoms with van der Waals surface area (Å²) >= 11 is 0. The molecular weight excluding hydrogens is 735 g/mol. The molecule has 0 saturated heterocycles. The Labute approximate surface area is 302 Å². The standard InChI is InChI=1S/C35H41N3O11S3/c1-34(2)18-23(20-50(41,42)43)25-15-29-27(17-31(25)38(34)12-6-8-33(39)40)35(3,4)26-16-30-21(13-28(26)36-29)7-5-11-37(30)19-22-9-10-24(51(44,45)46)14-32(22)52(47,48)49/h9-10,13-17,23H,5-8,11-12,18-20H2,1-4H3,(H3-,39,40,41,42,43,44,45,46,47,48,49)/p+1. The third kappa shape index (κ3) is 7.39. The number of carbonyl (C=O) groups is 1. The molecule has 14 nitrogen and oxygen atoms in total. The maximum absolute atomic E-state index is 12.3. The molecule has 6 rings (SSSR count). The number of hydrogen-bond acceptors (Lipinski definition) is 9. The van der Waals surface area contributed by atoms with Crippen LogP contribution >= 0.6 is 0 Å². The van der Waals surface area contributed by atoms with Gasteiger partial charge in [-0.3, -0.25) is 18.5 Å². The maximum Gasteiger partial charge on any atom is 0.303 e. The molecular formula is C35H42N3O11S3+. The fourth-order valence-corrected chi connectivity index (χ4v) is 10.2. The molecule has 0 amide bonds. The first-order valence-corrected chi connectivity index (χ1v) is 21.3. The molecule has 3 aromatic rings. The van der Waals surface area contributed by atoms with Crippen LogP contribution in [0.2, 0.25) is 0 Å². The molecule has 52 heavy (non-hydrogen) atoms. The summed E-state index contributed by atoms with van der Waals surface area (Å²) in [5, 5.41) is 10.9. The minimum Gasteiger partial charge on any atom is -0.481 e. The van der Waals surface area contributed by atoms with Gasteiger partial charge in [-0.2, -0.15) is 25.3 Å². The van der Waals surface area contributed by atoms with Crippen LogP contribution in [0.5, 0.6) is 0 Å². The van der Waals surface area contributed by atoms with E-state index in [0.29, 0.717) is 50.0 Å². The first-order valence-electron chi connectivity index (χ1n) is 16.8. The molecule has 0 saturated carbocycles. The molecule has 0 radical (unpaired) electrons. The third-order valence-electron chi connectivity index (χ3n) is 10.5. The molecule has 280 valence electrons. The lowest BCUT2D eigenvalue weighted by Crippen LogP contribution is -2.50. The number of anilines is 1. The first kappa shape index (κ1) is 38.0. The van der Waals surface area contributed by atoms with Gasteiger partial charge < -0.3 is 10.0 Å². The van der Waals surface area contributed by atoms with Crippen molar-refractivity contribution in [3.05, 3.63) is 81.0 Å². The van der Waals surface area contributed by atoms with Gasteiger partial charge >= 0.3 is 5.97 Å². The number of rotatable bonds is 10. The van der Waals surface area contributed by atoms with Crippen LogP contribution in [0.25, 0.3) is 0 Å². The van der Waals surface area contributed by atoms with Crippen molar-refractivity contribution in [2.45, 2.75) is 93.0 Å². The predicted octanol–water partition coefficient (Wildman–Crippen LogP) is 3.23. The monoisotopic (exact) mass is 776 g/mol. The van der Waals surface area contributed by atoms with E-state index in [0.717, 1.165) is 45.2 Å². The van der Waals surface area contributed by atoms with E-state index in [1.54, 1.807) is 0 Å². The van der Waals surface area contributed by atoms with Crippen molar-refractivity contribution < 1.29 is 48.8 Å². The van der Waals surface area contributed by atoms with E-state index < -0.39 is 68.7 Å². The Morgan fingerprint density at radius 3 is 2.29 bits per heavy atom. The molecule has 4 N–H and O–H groups in total. The van der Waals surface area contributed by atoms with Gasteiger partial charge in [-0.25, -0.2) is 9.57 Å². The smallest absolute Gasteiger partial charge is 0.303 e. The van der Waals surface area contributed by atoms with Crippen molar-refractivity contribution in [3.63, 3.8) is 0 Å². The van der Waals surface area contributed by atoms with E-state index in [1.165, 1.54) is 6.07 Å². The molecule has 17 heteroatoms. The largest absolute Gasteiger partial charge is 0.481 e. The summed E-state index contributed by atoms with van der Waals surface area (Å²) in [5.41, 5.74) is 3.75. The average Bonchev–Trinajstić information content (AvgIpc) is 3.00. The number of nitrogens with zero attached hydrogens (tertiary/aromatic N) is 3. The lowest BCUT2D eigenvalue weighted by atomic mass is 9.72. The van der Waals surface area contributed by atoms with Gasteiger partial charge in [-0.15, -0.1) is 0 Å². The topological polar surface area (TPSA) is 219 Å². The number of aliphatic carboxylic acids is 1.